The molecule has 2 rings (SSSR count). The van der Waals surface area contributed by atoms with Gasteiger partial charge in [0, 0.05) is 10.5 Å². The first-order valence-electron chi connectivity index (χ1n) is 5.26. The van der Waals surface area contributed by atoms with E-state index in [0.717, 1.165) is 31.5 Å². The van der Waals surface area contributed by atoms with E-state index in [2.05, 4.69) is 26.6 Å². The molecule has 0 aliphatic carbocycles. The molecule has 0 spiro atoms. The van der Waals surface area contributed by atoms with Crippen molar-refractivity contribution >= 4 is 27.5 Å². The molecule has 1 amide bonds. The van der Waals surface area contributed by atoms with Crippen LogP contribution in [-0.4, -0.2) is 18.5 Å². The molecular weight excluding hydrogens is 294 g/mol. The average Bonchev–Trinajstić information content (AvgIpc) is 2.76. The van der Waals surface area contributed by atoms with Crippen molar-refractivity contribution in [2.24, 2.45) is 0 Å². The summed E-state index contributed by atoms with van der Waals surface area (Å²) in [5.41, 5.74) is -0.0231. The van der Waals surface area contributed by atoms with Gasteiger partial charge in [0.2, 0.25) is 5.91 Å². The first kappa shape index (κ1) is 12.4. The number of amides is 1. The van der Waals surface area contributed by atoms with Gasteiger partial charge in [-0.15, -0.1) is 0 Å². The van der Waals surface area contributed by atoms with Crippen molar-refractivity contribution in [1.29, 1.82) is 0 Å². The molecule has 1 heterocycles. The number of rotatable bonds is 2. The number of carbonyl (C=O) groups is 1. The van der Waals surface area contributed by atoms with E-state index in [-0.39, 0.29) is 22.1 Å². The number of hydrogen-bond donors (Lipinski definition) is 2. The van der Waals surface area contributed by atoms with Crippen LogP contribution in [0.5, 0.6) is 0 Å². The lowest BCUT2D eigenvalue weighted by Crippen LogP contribution is -2.35. The van der Waals surface area contributed by atoms with Crippen molar-refractivity contribution in [1.82, 2.24) is 5.32 Å². The summed E-state index contributed by atoms with van der Waals surface area (Å²) < 4.78 is 26.5. The van der Waals surface area contributed by atoms with Crippen molar-refractivity contribution < 1.29 is 13.6 Å². The second-order valence-electron chi connectivity index (χ2n) is 3.88. The van der Waals surface area contributed by atoms with Gasteiger partial charge in [0.05, 0.1) is 11.7 Å². The molecule has 92 valence electrons. The van der Waals surface area contributed by atoms with E-state index < -0.39 is 11.6 Å². The fourth-order valence-electron chi connectivity index (χ4n) is 1.78. The maximum Gasteiger partial charge on any atom is 0.241 e. The largest absolute Gasteiger partial charge is 0.321 e. The molecule has 17 heavy (non-hydrogen) atoms. The van der Waals surface area contributed by atoms with Gasteiger partial charge in [0.1, 0.15) is 5.82 Å². The third kappa shape index (κ3) is 2.81. The molecule has 0 saturated carbocycles. The fraction of sp³-hybridized carbons (Fsp3) is 0.364. The van der Waals surface area contributed by atoms with E-state index in [1.807, 2.05) is 0 Å². The van der Waals surface area contributed by atoms with Crippen molar-refractivity contribution in [3.05, 3.63) is 28.2 Å². The Balaban J connectivity index is 2.15. The van der Waals surface area contributed by atoms with E-state index in [1.54, 1.807) is 0 Å². The van der Waals surface area contributed by atoms with Crippen LogP contribution in [0.2, 0.25) is 0 Å². The Kier molecular flexibility index (Phi) is 3.73. The van der Waals surface area contributed by atoms with E-state index in [0.29, 0.717) is 0 Å². The van der Waals surface area contributed by atoms with E-state index in [9.17, 15) is 13.6 Å². The van der Waals surface area contributed by atoms with E-state index in [1.165, 1.54) is 0 Å². The van der Waals surface area contributed by atoms with Gasteiger partial charge in [-0.1, -0.05) is 0 Å². The lowest BCUT2D eigenvalue weighted by molar-refractivity contribution is -0.117. The highest BCUT2D eigenvalue weighted by Crippen LogP contribution is 2.27. The Labute approximate surface area is 106 Å². The molecule has 0 unspecified atom stereocenters. The highest BCUT2D eigenvalue weighted by atomic mass is 79.9. The SMILES string of the molecule is O=C(Nc1c(F)cc(F)cc1Br)[C@@H]1CCCN1. The molecule has 1 fully saturated rings. The number of carbonyl (C=O) groups excluding carboxylic acids is 1. The molecule has 1 saturated heterocycles. The van der Waals surface area contributed by atoms with Gasteiger partial charge in [-0.3, -0.25) is 4.79 Å². The molecule has 6 heteroatoms. The summed E-state index contributed by atoms with van der Waals surface area (Å²) in [6.07, 6.45) is 1.65. The van der Waals surface area contributed by atoms with Crippen LogP contribution in [0.25, 0.3) is 0 Å². The van der Waals surface area contributed by atoms with Crippen LogP contribution in [0.4, 0.5) is 14.5 Å². The van der Waals surface area contributed by atoms with Crippen molar-refractivity contribution in [2.45, 2.75) is 18.9 Å². The number of halogens is 3. The number of benzene rings is 1. The van der Waals surface area contributed by atoms with Gasteiger partial charge in [-0.2, -0.15) is 0 Å². The molecule has 1 aromatic rings. The summed E-state index contributed by atoms with van der Waals surface area (Å²) in [4.78, 5) is 11.7. The summed E-state index contributed by atoms with van der Waals surface area (Å²) in [5.74, 6) is -1.77. The maximum atomic E-state index is 13.5. The third-order valence-corrected chi connectivity index (χ3v) is 3.26. The Hall–Kier alpha value is -1.01. The summed E-state index contributed by atoms with van der Waals surface area (Å²) >= 11 is 3.02. The van der Waals surface area contributed by atoms with E-state index in [4.69, 9.17) is 0 Å². The van der Waals surface area contributed by atoms with Crippen LogP contribution in [0.15, 0.2) is 16.6 Å². The number of nitrogens with one attached hydrogen (secondary N) is 2. The lowest BCUT2D eigenvalue weighted by atomic mass is 10.2. The zero-order chi connectivity index (χ0) is 12.4. The second kappa shape index (κ2) is 5.10. The molecule has 1 aromatic carbocycles. The quantitative estimate of drug-likeness (QED) is 0.881. The molecule has 1 aliphatic rings. The predicted octanol–water partition coefficient (Wildman–Crippen LogP) is 2.42. The van der Waals surface area contributed by atoms with Gasteiger partial charge < -0.3 is 10.6 Å². The first-order chi connectivity index (χ1) is 8.08. The summed E-state index contributed by atoms with van der Waals surface area (Å²) in [5, 5.41) is 5.46. The first-order valence-corrected chi connectivity index (χ1v) is 6.06. The Bertz CT molecular complexity index is 424. The van der Waals surface area contributed by atoms with Gasteiger partial charge in [-0.25, -0.2) is 8.78 Å². The maximum absolute atomic E-state index is 13.5. The van der Waals surface area contributed by atoms with Crippen LogP contribution in [0.1, 0.15) is 12.8 Å². The molecular formula is C11H11BrF2N2O. The van der Waals surface area contributed by atoms with E-state index >= 15 is 0 Å². The van der Waals surface area contributed by atoms with Gasteiger partial charge >= 0.3 is 0 Å². The van der Waals surface area contributed by atoms with Gasteiger partial charge in [0.15, 0.2) is 5.82 Å². The average molecular weight is 305 g/mol. The zero-order valence-corrected chi connectivity index (χ0v) is 10.5. The van der Waals surface area contributed by atoms with Crippen LogP contribution >= 0.6 is 15.9 Å². The highest BCUT2D eigenvalue weighted by molar-refractivity contribution is 9.10. The molecule has 2 N–H and O–H groups in total. The van der Waals surface area contributed by atoms with Crippen molar-refractivity contribution in [2.75, 3.05) is 11.9 Å². The van der Waals surface area contributed by atoms with Crippen LogP contribution in [-0.2, 0) is 4.79 Å². The minimum atomic E-state index is -0.789. The minimum Gasteiger partial charge on any atom is -0.321 e. The van der Waals surface area contributed by atoms with Crippen LogP contribution in [0, 0.1) is 11.6 Å². The van der Waals surface area contributed by atoms with Gasteiger partial charge in [0.25, 0.3) is 0 Å². The molecule has 0 bridgehead atoms. The number of anilines is 1. The molecule has 3 nitrogen and oxygen atoms in total. The second-order valence-corrected chi connectivity index (χ2v) is 4.74. The smallest absolute Gasteiger partial charge is 0.241 e. The van der Waals surface area contributed by atoms with Crippen LogP contribution in [0.3, 0.4) is 0 Å². The Morgan fingerprint density at radius 2 is 2.24 bits per heavy atom. The minimum absolute atomic E-state index is 0.0231. The Morgan fingerprint density at radius 3 is 2.82 bits per heavy atom. The standard InChI is InChI=1S/C11H11BrF2N2O/c12-7-4-6(13)5-8(14)10(7)16-11(17)9-2-1-3-15-9/h4-5,9,15H,1-3H2,(H,16,17)/t9-/m0/s1. The van der Waals surface area contributed by atoms with Crippen molar-refractivity contribution in [3.63, 3.8) is 0 Å². The zero-order valence-electron chi connectivity index (χ0n) is 8.90. The highest BCUT2D eigenvalue weighted by Gasteiger charge is 2.23. The number of hydrogen-bond acceptors (Lipinski definition) is 2. The summed E-state index contributed by atoms with van der Waals surface area (Å²) in [7, 11) is 0. The topological polar surface area (TPSA) is 41.1 Å². The van der Waals surface area contributed by atoms with Crippen molar-refractivity contribution in [3.8, 4) is 0 Å². The molecule has 0 radical (unpaired) electrons. The summed E-state index contributed by atoms with van der Waals surface area (Å²) in [6, 6.07) is 1.55. The fourth-order valence-corrected chi connectivity index (χ4v) is 2.29. The normalized spacial score (nSPS) is 19.4. The Morgan fingerprint density at radius 1 is 1.47 bits per heavy atom. The lowest BCUT2D eigenvalue weighted by Gasteiger charge is -2.13. The summed E-state index contributed by atoms with van der Waals surface area (Å²) in [6.45, 7) is 0.783. The van der Waals surface area contributed by atoms with Crippen LogP contribution < -0.4 is 10.6 Å². The molecule has 0 aromatic heterocycles. The molecule has 1 atom stereocenters. The predicted molar refractivity (Wildman–Crippen MR) is 63.7 cm³/mol. The molecule has 1 aliphatic heterocycles. The van der Waals surface area contributed by atoms with Gasteiger partial charge in [-0.05, 0) is 41.4 Å². The third-order valence-electron chi connectivity index (χ3n) is 2.63. The monoisotopic (exact) mass is 304 g/mol.